The molecule has 0 saturated carbocycles. The number of rotatable bonds is 3. The number of hydrogen-bond acceptors (Lipinski definition) is 4. The molecule has 3 aromatic heterocycles. The number of nitrogens with zero attached hydrogens (tertiary/aromatic N) is 1. The van der Waals surface area contributed by atoms with E-state index in [2.05, 4.69) is 0 Å². The van der Waals surface area contributed by atoms with Crippen molar-refractivity contribution in [2.75, 3.05) is 7.11 Å². The van der Waals surface area contributed by atoms with E-state index >= 15 is 0 Å². The first-order chi connectivity index (χ1) is 12.1. The van der Waals surface area contributed by atoms with Crippen molar-refractivity contribution in [1.82, 2.24) is 4.40 Å². The number of thiophene rings is 1. The van der Waals surface area contributed by atoms with Crippen LogP contribution in [0.3, 0.4) is 0 Å². The van der Waals surface area contributed by atoms with Gasteiger partial charge in [0.25, 0.3) is 0 Å². The second kappa shape index (κ2) is 5.86. The van der Waals surface area contributed by atoms with Gasteiger partial charge in [0.05, 0.1) is 33.6 Å². The summed E-state index contributed by atoms with van der Waals surface area (Å²) >= 11 is 1.42. The quantitative estimate of drug-likeness (QED) is 0.394. The molecule has 0 N–H and O–H groups in total. The maximum atomic E-state index is 12.3. The van der Waals surface area contributed by atoms with Crippen LogP contribution in [0.5, 0.6) is 0 Å². The van der Waals surface area contributed by atoms with Crippen molar-refractivity contribution in [3.05, 3.63) is 65.2 Å². The van der Waals surface area contributed by atoms with Crippen LogP contribution in [0.2, 0.25) is 0 Å². The van der Waals surface area contributed by atoms with E-state index < -0.39 is 0 Å². The Kier molecular flexibility index (Phi) is 3.66. The molecule has 4 nitrogen and oxygen atoms in total. The zero-order chi connectivity index (χ0) is 17.6. The Hall–Kier alpha value is -2.92. The van der Waals surface area contributed by atoms with Crippen LogP contribution in [0, 0.1) is 0 Å². The molecule has 0 amide bonds. The zero-order valence-electron chi connectivity index (χ0n) is 13.8. The van der Waals surface area contributed by atoms with E-state index in [0.29, 0.717) is 10.4 Å². The summed E-state index contributed by atoms with van der Waals surface area (Å²) in [4.78, 5) is 25.6. The van der Waals surface area contributed by atoms with E-state index in [9.17, 15) is 9.59 Å². The molecule has 1 aromatic carbocycles. The number of esters is 1. The third-order valence-corrected chi connectivity index (χ3v) is 5.48. The van der Waals surface area contributed by atoms with Gasteiger partial charge in [0.1, 0.15) is 0 Å². The smallest absolute Gasteiger partial charge is 0.340 e. The molecule has 0 unspecified atom stereocenters. The second-order valence-electron chi connectivity index (χ2n) is 5.78. The summed E-state index contributed by atoms with van der Waals surface area (Å²) in [7, 11) is 1.38. The first-order valence-corrected chi connectivity index (χ1v) is 8.64. The van der Waals surface area contributed by atoms with Gasteiger partial charge in [-0.3, -0.25) is 4.79 Å². The highest BCUT2D eigenvalue weighted by Gasteiger charge is 2.20. The van der Waals surface area contributed by atoms with Crippen molar-refractivity contribution in [3.63, 3.8) is 0 Å². The number of carbonyl (C=O) groups is 2. The van der Waals surface area contributed by atoms with Gasteiger partial charge < -0.3 is 9.14 Å². The maximum absolute atomic E-state index is 12.3. The average molecular weight is 349 g/mol. The summed E-state index contributed by atoms with van der Waals surface area (Å²) in [5, 5.41) is 2.04. The normalized spacial score (nSPS) is 11.1. The largest absolute Gasteiger partial charge is 0.465 e. The molecule has 0 radical (unpaired) electrons. The number of Topliss-reactive ketones (excluding diaryl/α,β-unsaturated/α-hetero) is 1. The van der Waals surface area contributed by atoms with Crippen molar-refractivity contribution >= 4 is 39.4 Å². The van der Waals surface area contributed by atoms with Crippen LogP contribution in [0.15, 0.2) is 54.7 Å². The minimum absolute atomic E-state index is 0.0377. The fourth-order valence-electron chi connectivity index (χ4n) is 3.09. The third kappa shape index (κ3) is 2.44. The van der Waals surface area contributed by atoms with Gasteiger partial charge >= 0.3 is 5.97 Å². The first kappa shape index (κ1) is 15.6. The second-order valence-corrected chi connectivity index (χ2v) is 6.86. The Morgan fingerprint density at radius 1 is 1.08 bits per heavy atom. The minimum Gasteiger partial charge on any atom is -0.465 e. The van der Waals surface area contributed by atoms with Crippen molar-refractivity contribution < 1.29 is 14.3 Å². The number of pyridine rings is 1. The highest BCUT2D eigenvalue weighted by atomic mass is 32.1. The molecule has 124 valence electrons. The Bertz CT molecular complexity index is 1140. The molecule has 0 aliphatic heterocycles. The number of hydrogen-bond donors (Lipinski definition) is 0. The number of aromatic nitrogens is 1. The molecule has 0 aliphatic carbocycles. The molecule has 0 bridgehead atoms. The van der Waals surface area contributed by atoms with Gasteiger partial charge in [-0.1, -0.05) is 24.3 Å². The summed E-state index contributed by atoms with van der Waals surface area (Å²) in [6.07, 6.45) is 1.95. The van der Waals surface area contributed by atoms with E-state index in [1.54, 1.807) is 6.92 Å². The SMILES string of the molecule is COC(=O)c1cc(-c2ccc(C(C)=O)s2)n2ccc3ccccc3c12. The van der Waals surface area contributed by atoms with Gasteiger partial charge in [0, 0.05) is 11.6 Å². The highest BCUT2D eigenvalue weighted by molar-refractivity contribution is 7.17. The highest BCUT2D eigenvalue weighted by Crippen LogP contribution is 2.35. The molecule has 25 heavy (non-hydrogen) atoms. The van der Waals surface area contributed by atoms with Crippen molar-refractivity contribution in [1.29, 1.82) is 0 Å². The molecular weight excluding hydrogens is 334 g/mol. The summed E-state index contributed by atoms with van der Waals surface area (Å²) < 4.78 is 6.97. The molecule has 0 atom stereocenters. The number of carbonyl (C=O) groups excluding carboxylic acids is 2. The number of fused-ring (bicyclic) bond motifs is 3. The molecule has 0 spiro atoms. The van der Waals surface area contributed by atoms with Crippen LogP contribution in [0.1, 0.15) is 27.0 Å². The molecule has 0 aliphatic rings. The predicted molar refractivity (Wildman–Crippen MR) is 99.6 cm³/mol. The first-order valence-electron chi connectivity index (χ1n) is 7.82. The van der Waals surface area contributed by atoms with Gasteiger partial charge in [-0.2, -0.15) is 0 Å². The lowest BCUT2D eigenvalue weighted by molar-refractivity contribution is 0.0603. The molecule has 5 heteroatoms. The standard InChI is InChI=1S/C20H15NO3S/c1-12(22)17-7-8-18(25-17)16-11-15(20(23)24-2)19-14-6-4-3-5-13(14)9-10-21(16)19/h3-11H,1-2H3. The predicted octanol–water partition coefficient (Wildman–Crippen LogP) is 4.81. The van der Waals surface area contributed by atoms with Crippen LogP contribution < -0.4 is 0 Å². The lowest BCUT2D eigenvalue weighted by Crippen LogP contribution is -2.00. The lowest BCUT2D eigenvalue weighted by Gasteiger charge is -2.05. The summed E-state index contributed by atoms with van der Waals surface area (Å²) in [6.45, 7) is 1.55. The Labute approximate surface area is 148 Å². The van der Waals surface area contributed by atoms with Gasteiger partial charge in [-0.15, -0.1) is 11.3 Å². The van der Waals surface area contributed by atoms with Crippen LogP contribution in [0.25, 0.3) is 26.9 Å². The summed E-state index contributed by atoms with van der Waals surface area (Å²) in [6, 6.07) is 15.5. The Morgan fingerprint density at radius 2 is 1.88 bits per heavy atom. The van der Waals surface area contributed by atoms with E-state index in [1.807, 2.05) is 59.1 Å². The zero-order valence-corrected chi connectivity index (χ0v) is 14.6. The van der Waals surface area contributed by atoms with Gasteiger partial charge in [-0.25, -0.2) is 4.79 Å². The maximum Gasteiger partial charge on any atom is 0.340 e. The molecule has 4 rings (SSSR count). The molecule has 4 aromatic rings. The van der Waals surface area contributed by atoms with Crippen molar-refractivity contribution in [2.24, 2.45) is 0 Å². The van der Waals surface area contributed by atoms with E-state index in [4.69, 9.17) is 4.74 Å². The summed E-state index contributed by atoms with van der Waals surface area (Å²) in [5.41, 5.74) is 2.21. The fourth-order valence-corrected chi connectivity index (χ4v) is 4.00. The van der Waals surface area contributed by atoms with Crippen LogP contribution in [-0.4, -0.2) is 23.3 Å². The van der Waals surface area contributed by atoms with Crippen LogP contribution in [-0.2, 0) is 4.74 Å². The van der Waals surface area contributed by atoms with E-state index in [-0.39, 0.29) is 11.8 Å². The lowest BCUT2D eigenvalue weighted by atomic mass is 10.1. The number of ether oxygens (including phenoxy) is 1. The van der Waals surface area contributed by atoms with Gasteiger partial charge in [-0.05, 0) is 36.6 Å². The van der Waals surface area contributed by atoms with E-state index in [0.717, 1.165) is 26.9 Å². The molecule has 0 saturated heterocycles. The number of methoxy groups -OCH3 is 1. The molecule has 3 heterocycles. The van der Waals surface area contributed by atoms with Gasteiger partial charge in [0.2, 0.25) is 0 Å². The van der Waals surface area contributed by atoms with Crippen LogP contribution in [0.4, 0.5) is 0 Å². The number of benzene rings is 1. The van der Waals surface area contributed by atoms with Crippen molar-refractivity contribution in [2.45, 2.75) is 6.92 Å². The van der Waals surface area contributed by atoms with Crippen molar-refractivity contribution in [3.8, 4) is 10.6 Å². The summed E-state index contributed by atoms with van der Waals surface area (Å²) in [5.74, 6) is -0.334. The Morgan fingerprint density at radius 3 is 2.60 bits per heavy atom. The topological polar surface area (TPSA) is 47.8 Å². The molecule has 0 fully saturated rings. The average Bonchev–Trinajstić information content (AvgIpc) is 3.25. The number of ketones is 1. The fraction of sp³-hybridized carbons (Fsp3) is 0.100. The Balaban J connectivity index is 2.07. The monoisotopic (exact) mass is 349 g/mol. The minimum atomic E-state index is -0.372. The van der Waals surface area contributed by atoms with E-state index in [1.165, 1.54) is 18.4 Å². The third-order valence-electron chi connectivity index (χ3n) is 4.27. The van der Waals surface area contributed by atoms with Gasteiger partial charge in [0.15, 0.2) is 5.78 Å². The molecular formula is C20H15NO3S. The van der Waals surface area contributed by atoms with Crippen LogP contribution >= 0.6 is 11.3 Å².